The van der Waals surface area contributed by atoms with Gasteiger partial charge in [-0.1, -0.05) is 23.5 Å². The molecule has 1 atom stereocenters. The van der Waals surface area contributed by atoms with E-state index in [1.807, 2.05) is 24.3 Å². The molecule has 1 amide bonds. The van der Waals surface area contributed by atoms with Crippen molar-refractivity contribution in [1.29, 1.82) is 0 Å². The summed E-state index contributed by atoms with van der Waals surface area (Å²) >= 11 is 1.39. The lowest BCUT2D eigenvalue weighted by Crippen LogP contribution is -2.34. The maximum Gasteiger partial charge on any atom is 0.359 e. The van der Waals surface area contributed by atoms with Gasteiger partial charge in [-0.3, -0.25) is 14.2 Å². The van der Waals surface area contributed by atoms with Gasteiger partial charge in [-0.15, -0.1) is 0 Å². The van der Waals surface area contributed by atoms with E-state index in [9.17, 15) is 17.8 Å². The third kappa shape index (κ3) is 2.07. The number of amides is 1. The molecule has 0 unspecified atom stereocenters. The van der Waals surface area contributed by atoms with E-state index in [1.165, 1.54) is 11.3 Å². The molecule has 1 aromatic carbocycles. The highest BCUT2D eigenvalue weighted by Crippen LogP contribution is 2.42. The van der Waals surface area contributed by atoms with Crippen LogP contribution in [-0.2, 0) is 15.1 Å². The largest absolute Gasteiger partial charge is 0.359 e. The number of thiazole rings is 1. The molecular weight excluding hydrogens is 338 g/mol. The van der Waals surface area contributed by atoms with Crippen molar-refractivity contribution in [1.82, 2.24) is 9.29 Å². The molecule has 1 fully saturated rings. The number of para-hydroxylation sites is 1. The van der Waals surface area contributed by atoms with Crippen molar-refractivity contribution < 1.29 is 17.8 Å². The number of hydrogen-bond donors (Lipinski definition) is 1. The van der Waals surface area contributed by atoms with E-state index in [4.69, 9.17) is 0 Å². The number of carbonyl (C=O) groups is 1. The summed E-state index contributed by atoms with van der Waals surface area (Å²) in [5, 5.41) is 0.549. The molecule has 1 aromatic heterocycles. The van der Waals surface area contributed by atoms with Gasteiger partial charge >= 0.3 is 10.3 Å². The van der Waals surface area contributed by atoms with E-state index in [2.05, 4.69) is 4.98 Å². The predicted octanol–water partition coefficient (Wildman–Crippen LogP) is 1.79. The Labute approximate surface area is 136 Å². The fourth-order valence-electron chi connectivity index (χ4n) is 3.21. The predicted molar refractivity (Wildman–Crippen MR) is 86.5 cm³/mol. The molecular formula is C14H13N3O4S2. The molecule has 1 N–H and O–H groups in total. The Morgan fingerprint density at radius 1 is 1.35 bits per heavy atom. The Kier molecular flexibility index (Phi) is 3.03. The lowest BCUT2D eigenvalue weighted by atomic mass is 10.2. The molecule has 9 heteroatoms. The minimum atomic E-state index is -4.36. The summed E-state index contributed by atoms with van der Waals surface area (Å²) in [6, 6.07) is 7.18. The summed E-state index contributed by atoms with van der Waals surface area (Å²) in [6.45, 7) is 1.74. The van der Waals surface area contributed by atoms with Gasteiger partial charge in [-0.2, -0.15) is 8.42 Å². The monoisotopic (exact) mass is 351 g/mol. The summed E-state index contributed by atoms with van der Waals surface area (Å²) in [6.07, 6.45) is 0.439. The van der Waals surface area contributed by atoms with Crippen LogP contribution < -0.4 is 4.90 Å². The lowest BCUT2D eigenvalue weighted by Gasteiger charge is -2.20. The summed E-state index contributed by atoms with van der Waals surface area (Å²) in [5.41, 5.74) is 1.50. The third-order valence-corrected chi connectivity index (χ3v) is 6.16. The fraction of sp³-hybridized carbons (Fsp3) is 0.286. The molecule has 0 bridgehead atoms. The Balaban J connectivity index is 1.80. The number of nitrogens with zero attached hydrogens (tertiary/aromatic N) is 3. The van der Waals surface area contributed by atoms with E-state index >= 15 is 0 Å². The van der Waals surface area contributed by atoms with Gasteiger partial charge in [0.05, 0.1) is 22.0 Å². The van der Waals surface area contributed by atoms with Crippen LogP contribution in [0.15, 0.2) is 35.5 Å². The molecule has 7 nitrogen and oxygen atoms in total. The Morgan fingerprint density at radius 2 is 2.09 bits per heavy atom. The first-order valence-electron chi connectivity index (χ1n) is 7.03. The van der Waals surface area contributed by atoms with Crippen LogP contribution in [0.1, 0.15) is 13.3 Å². The highest BCUT2D eigenvalue weighted by atomic mass is 32.2. The van der Waals surface area contributed by atoms with Gasteiger partial charge < -0.3 is 0 Å². The van der Waals surface area contributed by atoms with Crippen molar-refractivity contribution in [3.8, 4) is 0 Å². The quantitative estimate of drug-likeness (QED) is 0.833. The molecule has 3 heterocycles. The summed E-state index contributed by atoms with van der Waals surface area (Å²) in [5.74, 6) is -0.266. The second-order valence-corrected chi connectivity index (χ2v) is 7.85. The molecule has 0 saturated carbocycles. The number of anilines is 1. The van der Waals surface area contributed by atoms with Gasteiger partial charge in [0.1, 0.15) is 0 Å². The van der Waals surface area contributed by atoms with Crippen LogP contribution in [0.3, 0.4) is 0 Å². The van der Waals surface area contributed by atoms with Crippen LogP contribution in [0.2, 0.25) is 0 Å². The SMILES string of the molecule is CC1=C2[C@H](CCN2S(=O)(=O)O)N(c2nc3ccccc3s2)C1=O. The third-order valence-electron chi connectivity index (χ3n) is 4.19. The number of aromatic nitrogens is 1. The van der Waals surface area contributed by atoms with Gasteiger partial charge in [-0.25, -0.2) is 9.29 Å². The van der Waals surface area contributed by atoms with Gasteiger partial charge in [0.25, 0.3) is 5.91 Å². The first-order valence-corrected chi connectivity index (χ1v) is 9.24. The number of hydrogen-bond acceptors (Lipinski definition) is 5. The molecule has 4 rings (SSSR count). The Hall–Kier alpha value is -1.97. The highest BCUT2D eigenvalue weighted by Gasteiger charge is 2.48. The standard InChI is InChI=1S/C14H13N3O4S2/c1-8-12-10(6-7-16(12)23(19,20)21)17(13(8)18)14-15-9-4-2-3-5-11(9)22-14/h2-5,10H,6-7H2,1H3,(H,19,20,21)/t10-/m0/s1. The lowest BCUT2D eigenvalue weighted by molar-refractivity contribution is -0.114. The van der Waals surface area contributed by atoms with E-state index in [1.54, 1.807) is 11.8 Å². The van der Waals surface area contributed by atoms with E-state index in [-0.39, 0.29) is 12.5 Å². The van der Waals surface area contributed by atoms with Crippen molar-refractivity contribution >= 4 is 42.9 Å². The van der Waals surface area contributed by atoms with Crippen molar-refractivity contribution in [3.63, 3.8) is 0 Å². The summed E-state index contributed by atoms with van der Waals surface area (Å²) < 4.78 is 34.3. The number of benzene rings is 1. The van der Waals surface area contributed by atoms with Crippen LogP contribution in [-0.4, -0.2) is 40.8 Å². The second-order valence-electron chi connectivity index (χ2n) is 5.50. The summed E-state index contributed by atoms with van der Waals surface area (Å²) in [4.78, 5) is 18.6. The van der Waals surface area contributed by atoms with E-state index in [0.29, 0.717) is 22.8 Å². The van der Waals surface area contributed by atoms with E-state index < -0.39 is 16.3 Å². The van der Waals surface area contributed by atoms with Crippen LogP contribution in [0.25, 0.3) is 10.2 Å². The van der Waals surface area contributed by atoms with Crippen molar-refractivity contribution in [2.24, 2.45) is 0 Å². The summed E-state index contributed by atoms with van der Waals surface area (Å²) in [7, 11) is -4.36. The van der Waals surface area contributed by atoms with Crippen molar-refractivity contribution in [2.45, 2.75) is 19.4 Å². The van der Waals surface area contributed by atoms with Crippen molar-refractivity contribution in [3.05, 3.63) is 35.5 Å². The Morgan fingerprint density at radius 3 is 2.78 bits per heavy atom. The molecule has 2 aliphatic rings. The second kappa shape index (κ2) is 4.76. The first kappa shape index (κ1) is 14.6. The minimum absolute atomic E-state index is 0.158. The molecule has 0 radical (unpaired) electrons. The number of rotatable bonds is 2. The smallest absolute Gasteiger partial charge is 0.275 e. The molecule has 120 valence electrons. The van der Waals surface area contributed by atoms with E-state index in [0.717, 1.165) is 14.5 Å². The molecule has 1 saturated heterocycles. The van der Waals surface area contributed by atoms with Crippen molar-refractivity contribution in [2.75, 3.05) is 11.4 Å². The Bertz CT molecular complexity index is 930. The average molecular weight is 351 g/mol. The molecule has 2 aromatic rings. The zero-order valence-electron chi connectivity index (χ0n) is 12.1. The number of carbonyl (C=O) groups excluding carboxylic acids is 1. The molecule has 0 aliphatic carbocycles. The fourth-order valence-corrected chi connectivity index (χ4v) is 5.06. The van der Waals surface area contributed by atoms with Crippen LogP contribution in [0.5, 0.6) is 0 Å². The zero-order valence-corrected chi connectivity index (χ0v) is 13.8. The molecule has 2 aliphatic heterocycles. The van der Waals surface area contributed by atoms with Crippen LogP contribution >= 0.6 is 11.3 Å². The van der Waals surface area contributed by atoms with Crippen LogP contribution in [0.4, 0.5) is 5.13 Å². The van der Waals surface area contributed by atoms with Gasteiger partial charge in [0, 0.05) is 12.1 Å². The minimum Gasteiger partial charge on any atom is -0.275 e. The number of fused-ring (bicyclic) bond motifs is 2. The zero-order chi connectivity index (χ0) is 16.4. The normalized spacial score (nSPS) is 21.7. The van der Waals surface area contributed by atoms with Gasteiger partial charge in [-0.05, 0) is 25.5 Å². The topological polar surface area (TPSA) is 90.8 Å². The van der Waals surface area contributed by atoms with Gasteiger partial charge in [0.15, 0.2) is 5.13 Å². The maximum atomic E-state index is 12.6. The highest BCUT2D eigenvalue weighted by molar-refractivity contribution is 7.83. The average Bonchev–Trinajstić information content (AvgIpc) is 3.14. The van der Waals surface area contributed by atoms with Crippen LogP contribution in [0, 0.1) is 0 Å². The first-order chi connectivity index (χ1) is 10.9. The molecule has 23 heavy (non-hydrogen) atoms. The molecule has 0 spiro atoms. The maximum absolute atomic E-state index is 12.6. The van der Waals surface area contributed by atoms with Gasteiger partial charge in [0.2, 0.25) is 0 Å².